The third kappa shape index (κ3) is 2.36. The second-order valence-electron chi connectivity index (χ2n) is 3.11. The molecule has 0 aliphatic heterocycles. The molecule has 0 N–H and O–H groups in total. The van der Waals surface area contributed by atoms with Gasteiger partial charge in [-0.25, -0.2) is 0 Å². The molecule has 76 valence electrons. The molecule has 0 radical (unpaired) electrons. The Hall–Kier alpha value is -0.500. The van der Waals surface area contributed by atoms with Crippen LogP contribution < -0.4 is 0 Å². The van der Waals surface area contributed by atoms with Gasteiger partial charge in [-0.1, -0.05) is 57.3 Å². The highest BCUT2D eigenvalue weighted by molar-refractivity contribution is 9.10. The zero-order chi connectivity index (χ0) is 10.8. The molecule has 0 atom stereocenters. The first-order chi connectivity index (χ1) is 7.18. The summed E-state index contributed by atoms with van der Waals surface area (Å²) in [5.41, 5.74) is 1.99. The molecule has 0 aliphatic carbocycles. The Labute approximate surface area is 107 Å². The molecule has 0 aliphatic rings. The molecule has 0 aromatic heterocycles. The van der Waals surface area contributed by atoms with Crippen LogP contribution in [0, 0.1) is 0 Å². The first-order valence-corrected chi connectivity index (χ1v) is 5.93. The zero-order valence-corrected chi connectivity index (χ0v) is 10.8. The second-order valence-corrected chi connectivity index (χ2v) is 4.80. The Bertz CT molecular complexity index is 474. The summed E-state index contributed by atoms with van der Waals surface area (Å²) in [5, 5.41) is 1.42. The van der Waals surface area contributed by atoms with Crippen molar-refractivity contribution >= 4 is 39.1 Å². The molecule has 0 heterocycles. The standard InChI is InChI=1S/C12H7BrCl2/c13-10-5-2-6-11(15)12(10)8-3-1-4-9(14)7-8/h1-7H. The Morgan fingerprint density at radius 2 is 1.67 bits per heavy atom. The van der Waals surface area contributed by atoms with Crippen molar-refractivity contribution < 1.29 is 0 Å². The van der Waals surface area contributed by atoms with E-state index in [4.69, 9.17) is 23.2 Å². The maximum atomic E-state index is 6.14. The van der Waals surface area contributed by atoms with Crippen LogP contribution in [0.3, 0.4) is 0 Å². The van der Waals surface area contributed by atoms with Crippen molar-refractivity contribution in [3.8, 4) is 11.1 Å². The lowest BCUT2D eigenvalue weighted by molar-refractivity contribution is 1.58. The molecule has 0 nitrogen and oxygen atoms in total. The maximum Gasteiger partial charge on any atom is 0.0495 e. The van der Waals surface area contributed by atoms with E-state index in [1.54, 1.807) is 0 Å². The van der Waals surface area contributed by atoms with Crippen LogP contribution in [-0.2, 0) is 0 Å². The molecule has 2 aromatic rings. The van der Waals surface area contributed by atoms with Gasteiger partial charge in [0.15, 0.2) is 0 Å². The van der Waals surface area contributed by atoms with Gasteiger partial charge in [0, 0.05) is 20.1 Å². The molecule has 2 aromatic carbocycles. The summed E-state index contributed by atoms with van der Waals surface area (Å²) < 4.78 is 0.970. The van der Waals surface area contributed by atoms with E-state index in [2.05, 4.69) is 15.9 Å². The largest absolute Gasteiger partial charge is 0.0843 e. The molecule has 15 heavy (non-hydrogen) atoms. The third-order valence-electron chi connectivity index (χ3n) is 2.08. The van der Waals surface area contributed by atoms with Crippen LogP contribution in [0.15, 0.2) is 46.9 Å². The van der Waals surface area contributed by atoms with Crippen molar-refractivity contribution in [3.05, 3.63) is 57.0 Å². The molecular formula is C12H7BrCl2. The fourth-order valence-corrected chi connectivity index (χ4v) is 2.60. The van der Waals surface area contributed by atoms with Gasteiger partial charge in [-0.2, -0.15) is 0 Å². The lowest BCUT2D eigenvalue weighted by Crippen LogP contribution is -1.81. The van der Waals surface area contributed by atoms with E-state index in [9.17, 15) is 0 Å². The highest BCUT2D eigenvalue weighted by Crippen LogP contribution is 2.35. The lowest BCUT2D eigenvalue weighted by atomic mass is 10.1. The van der Waals surface area contributed by atoms with Crippen molar-refractivity contribution in [1.29, 1.82) is 0 Å². The van der Waals surface area contributed by atoms with Crippen molar-refractivity contribution in [2.24, 2.45) is 0 Å². The summed E-state index contributed by atoms with van der Waals surface area (Å²) in [6.07, 6.45) is 0. The molecule has 3 heteroatoms. The average Bonchev–Trinajstić information content (AvgIpc) is 2.17. The fourth-order valence-electron chi connectivity index (χ4n) is 1.42. The molecule has 0 unspecified atom stereocenters. The number of halogens is 3. The minimum Gasteiger partial charge on any atom is -0.0843 e. The molecular weight excluding hydrogens is 295 g/mol. The molecule has 0 spiro atoms. The van der Waals surface area contributed by atoms with E-state index >= 15 is 0 Å². The van der Waals surface area contributed by atoms with E-state index in [1.165, 1.54) is 0 Å². The van der Waals surface area contributed by atoms with Crippen molar-refractivity contribution in [2.45, 2.75) is 0 Å². The fraction of sp³-hybridized carbons (Fsp3) is 0. The predicted octanol–water partition coefficient (Wildman–Crippen LogP) is 5.42. The van der Waals surface area contributed by atoms with E-state index in [0.717, 1.165) is 15.6 Å². The van der Waals surface area contributed by atoms with Crippen LogP contribution in [0.25, 0.3) is 11.1 Å². The highest BCUT2D eigenvalue weighted by atomic mass is 79.9. The van der Waals surface area contributed by atoms with Gasteiger partial charge in [-0.05, 0) is 29.8 Å². The van der Waals surface area contributed by atoms with Crippen molar-refractivity contribution in [2.75, 3.05) is 0 Å². The summed E-state index contributed by atoms with van der Waals surface area (Å²) in [4.78, 5) is 0. The summed E-state index contributed by atoms with van der Waals surface area (Å²) in [6.45, 7) is 0. The van der Waals surface area contributed by atoms with Crippen LogP contribution in [0.2, 0.25) is 10.0 Å². The normalized spacial score (nSPS) is 10.3. The smallest absolute Gasteiger partial charge is 0.0495 e. The minimum absolute atomic E-state index is 0.708. The zero-order valence-electron chi connectivity index (χ0n) is 7.68. The molecule has 0 saturated heterocycles. The topological polar surface area (TPSA) is 0 Å². The first-order valence-electron chi connectivity index (χ1n) is 4.38. The van der Waals surface area contributed by atoms with Gasteiger partial charge in [-0.15, -0.1) is 0 Å². The van der Waals surface area contributed by atoms with Gasteiger partial charge in [0.2, 0.25) is 0 Å². The number of hydrogen-bond acceptors (Lipinski definition) is 0. The van der Waals surface area contributed by atoms with E-state index in [-0.39, 0.29) is 0 Å². The molecule has 0 amide bonds. The van der Waals surface area contributed by atoms with Crippen LogP contribution >= 0.6 is 39.1 Å². The van der Waals surface area contributed by atoms with Crippen molar-refractivity contribution in [1.82, 2.24) is 0 Å². The van der Waals surface area contributed by atoms with E-state index in [0.29, 0.717) is 10.0 Å². The third-order valence-corrected chi connectivity index (χ3v) is 3.29. The van der Waals surface area contributed by atoms with Crippen LogP contribution in [0.5, 0.6) is 0 Å². The van der Waals surface area contributed by atoms with Crippen LogP contribution in [0.1, 0.15) is 0 Å². The first kappa shape index (κ1) is 11.0. The van der Waals surface area contributed by atoms with Gasteiger partial charge in [0.25, 0.3) is 0 Å². The SMILES string of the molecule is Clc1cccc(-c2c(Cl)cccc2Br)c1. The number of rotatable bonds is 1. The second kappa shape index (κ2) is 4.56. The summed E-state index contributed by atoms with van der Waals surface area (Å²) in [6, 6.07) is 13.4. The predicted molar refractivity (Wildman–Crippen MR) is 69.6 cm³/mol. The average molecular weight is 302 g/mol. The quantitative estimate of drug-likeness (QED) is 0.659. The van der Waals surface area contributed by atoms with Gasteiger partial charge >= 0.3 is 0 Å². The van der Waals surface area contributed by atoms with Crippen LogP contribution in [0.4, 0.5) is 0 Å². The molecule has 0 fully saturated rings. The number of hydrogen-bond donors (Lipinski definition) is 0. The molecule has 0 saturated carbocycles. The highest BCUT2D eigenvalue weighted by Gasteiger charge is 2.07. The monoisotopic (exact) mass is 300 g/mol. The van der Waals surface area contributed by atoms with Gasteiger partial charge in [0.05, 0.1) is 0 Å². The van der Waals surface area contributed by atoms with Gasteiger partial charge < -0.3 is 0 Å². The van der Waals surface area contributed by atoms with Gasteiger partial charge in [0.1, 0.15) is 0 Å². The van der Waals surface area contributed by atoms with E-state index < -0.39 is 0 Å². The Morgan fingerprint density at radius 3 is 2.33 bits per heavy atom. The van der Waals surface area contributed by atoms with Gasteiger partial charge in [-0.3, -0.25) is 0 Å². The van der Waals surface area contributed by atoms with Crippen molar-refractivity contribution in [3.63, 3.8) is 0 Å². The Balaban J connectivity index is 2.63. The minimum atomic E-state index is 0.708. The number of benzene rings is 2. The Kier molecular flexibility index (Phi) is 3.35. The van der Waals surface area contributed by atoms with E-state index in [1.807, 2.05) is 42.5 Å². The molecule has 2 rings (SSSR count). The summed E-state index contributed by atoms with van der Waals surface area (Å²) in [7, 11) is 0. The lowest BCUT2D eigenvalue weighted by Gasteiger charge is -2.07. The Morgan fingerprint density at radius 1 is 0.933 bits per heavy atom. The summed E-state index contributed by atoms with van der Waals surface area (Å²) in [5.74, 6) is 0. The van der Waals surface area contributed by atoms with Crippen LogP contribution in [-0.4, -0.2) is 0 Å². The molecule has 0 bridgehead atoms. The summed E-state index contributed by atoms with van der Waals surface area (Å²) >= 11 is 15.6. The maximum absolute atomic E-state index is 6.14.